The van der Waals surface area contributed by atoms with Crippen LogP contribution in [0.3, 0.4) is 0 Å². The molecule has 0 aliphatic heterocycles. The summed E-state index contributed by atoms with van der Waals surface area (Å²) >= 11 is 0. The van der Waals surface area contributed by atoms with E-state index in [1.807, 2.05) is 132 Å². The Labute approximate surface area is 396 Å². The number of benzene rings is 8. The third-order valence-corrected chi connectivity index (χ3v) is 13.4. The van der Waals surface area contributed by atoms with Crippen molar-refractivity contribution in [2.45, 2.75) is 26.2 Å². The Balaban J connectivity index is 1.06. The first-order valence-corrected chi connectivity index (χ1v) is 22.5. The van der Waals surface area contributed by atoms with Crippen LogP contribution < -0.4 is 9.30 Å². The Morgan fingerprint density at radius 1 is 0.507 bits per heavy atom. The van der Waals surface area contributed by atoms with E-state index in [2.05, 4.69) is 96.6 Å². The fourth-order valence-corrected chi connectivity index (χ4v) is 10.3. The molecule has 0 spiro atoms. The van der Waals surface area contributed by atoms with Gasteiger partial charge in [0, 0.05) is 83.9 Å². The summed E-state index contributed by atoms with van der Waals surface area (Å²) in [7, 11) is 0. The maximum Gasteiger partial charge on any atom is 0.255 e. The van der Waals surface area contributed by atoms with Gasteiger partial charge in [-0.2, -0.15) is 9.13 Å². The highest BCUT2D eigenvalue weighted by Gasteiger charge is 2.29. The van der Waals surface area contributed by atoms with Crippen molar-refractivity contribution in [3.8, 4) is 39.8 Å². The van der Waals surface area contributed by atoms with E-state index in [0.29, 0.717) is 50.0 Å². The molecule has 0 N–H and O–H groups in total. The number of hydrogen-bond donors (Lipinski definition) is 0. The van der Waals surface area contributed by atoms with E-state index in [0.717, 1.165) is 66.2 Å². The van der Waals surface area contributed by atoms with E-state index in [1.54, 1.807) is 0 Å². The molecule has 7 heteroatoms. The highest BCUT2D eigenvalue weighted by atomic mass is 16.5. The number of rotatable bonds is 6. The molecule has 0 aliphatic rings. The van der Waals surface area contributed by atoms with Crippen LogP contribution in [0.25, 0.3) is 105 Å². The first-order valence-electron chi connectivity index (χ1n) is 25.5. The predicted molar refractivity (Wildman–Crippen MR) is 276 cm³/mol. The van der Waals surface area contributed by atoms with Crippen molar-refractivity contribution in [3.05, 3.63) is 200 Å². The van der Waals surface area contributed by atoms with Gasteiger partial charge in [0.25, 0.3) is 6.33 Å². The fraction of sp³-hybridized carbons (Fsp3) is 0.100. The average Bonchev–Trinajstić information content (AvgIpc) is 4.12. The smallest absolute Gasteiger partial charge is 0.255 e. The zero-order chi connectivity index (χ0) is 50.1. The second-order valence-electron chi connectivity index (χ2n) is 18.4. The third-order valence-electron chi connectivity index (χ3n) is 13.4. The number of aryl methyl sites for hydroxylation is 2. The van der Waals surface area contributed by atoms with Gasteiger partial charge in [0.2, 0.25) is 0 Å². The summed E-state index contributed by atoms with van der Waals surface area (Å²) in [5.74, 6) is 2.05. The Kier molecular flexibility index (Phi) is 7.19. The van der Waals surface area contributed by atoms with Crippen molar-refractivity contribution >= 4 is 76.5 Å². The first-order chi connectivity index (χ1) is 35.1. The van der Waals surface area contributed by atoms with Crippen molar-refractivity contribution in [1.82, 2.24) is 23.3 Å². The third kappa shape index (κ3) is 5.97. The summed E-state index contributed by atoms with van der Waals surface area (Å²) in [5, 5.41) is 5.08. The summed E-state index contributed by atoms with van der Waals surface area (Å²) in [6, 6.07) is 60.0. The van der Waals surface area contributed by atoms with Gasteiger partial charge in [-0.3, -0.25) is 4.57 Å². The number of imidazole rings is 1. The lowest BCUT2D eigenvalue weighted by Crippen LogP contribution is -2.30. The average molecular weight is 874 g/mol. The van der Waals surface area contributed by atoms with E-state index < -0.39 is 14.0 Å². The first kappa shape index (κ1) is 33.1. The molecule has 0 radical (unpaired) electrons. The lowest BCUT2D eigenvalue weighted by Gasteiger charge is -2.20. The second kappa shape index (κ2) is 14.5. The highest BCUT2D eigenvalue weighted by molar-refractivity contribution is 6.21. The van der Waals surface area contributed by atoms with Crippen LogP contribution in [0.5, 0.6) is 11.5 Å². The van der Waals surface area contributed by atoms with Crippen molar-refractivity contribution in [3.63, 3.8) is 0 Å². The maximum absolute atomic E-state index is 9.03. The zero-order valence-corrected chi connectivity index (χ0v) is 37.1. The molecular weight excluding hydrogens is 821 g/mol. The van der Waals surface area contributed by atoms with Gasteiger partial charge in [0.1, 0.15) is 23.0 Å². The molecule has 7 nitrogen and oxygen atoms in total. The standard InChI is InChI=1S/C60H47N6O/c1-60(2,3)40-29-30-61-56(33-40)66-52-24-14-11-19-44(52)47-28-27-42(35-55(47)66)67-43-32-39(38-17-7-6-8-18-38)31-41(34-43)64-37-65(54-26-16-15-25-53(54)64)59-57-48(45-20-9-12-22-50(45)62(57)4)36-49-46-21-10-13-23-51(46)63(5)58(49)59/h6-37H,1-5H3/q+1/i4D3,5D3. The largest absolute Gasteiger partial charge is 0.457 e. The normalized spacial score (nSPS) is 14.0. The molecule has 0 saturated heterocycles. The molecule has 13 aromatic rings. The van der Waals surface area contributed by atoms with Gasteiger partial charge < -0.3 is 13.9 Å². The van der Waals surface area contributed by atoms with E-state index in [9.17, 15) is 0 Å². The lowest BCUT2D eigenvalue weighted by molar-refractivity contribution is -0.564. The molecule has 8 aromatic carbocycles. The Hall–Kier alpha value is -8.42. The molecule has 0 unspecified atom stereocenters. The Morgan fingerprint density at radius 3 is 1.81 bits per heavy atom. The Bertz CT molecular complexity index is 4270. The molecule has 5 heterocycles. The van der Waals surface area contributed by atoms with Crippen molar-refractivity contribution in [2.75, 3.05) is 0 Å². The van der Waals surface area contributed by atoms with Crippen molar-refractivity contribution in [2.24, 2.45) is 14.0 Å². The van der Waals surface area contributed by atoms with Crippen LogP contribution in [0, 0.1) is 0 Å². The number of para-hydroxylation sites is 5. The van der Waals surface area contributed by atoms with Crippen LogP contribution in [0.2, 0.25) is 0 Å². The number of aromatic nitrogens is 6. The van der Waals surface area contributed by atoms with Gasteiger partial charge in [0.05, 0.1) is 22.1 Å². The van der Waals surface area contributed by atoms with Gasteiger partial charge in [-0.25, -0.2) is 4.98 Å². The van der Waals surface area contributed by atoms with Crippen LogP contribution in [0.4, 0.5) is 0 Å². The molecule has 0 aliphatic carbocycles. The maximum atomic E-state index is 9.03. The minimum absolute atomic E-state index is 0.0778. The van der Waals surface area contributed by atoms with Crippen LogP contribution in [-0.4, -0.2) is 23.3 Å². The van der Waals surface area contributed by atoms with Crippen molar-refractivity contribution < 1.29 is 17.5 Å². The molecule has 322 valence electrons. The monoisotopic (exact) mass is 873 g/mol. The fourth-order valence-electron chi connectivity index (χ4n) is 10.3. The SMILES string of the molecule is [2H]C([2H])([2H])n1c2ccccc2c2cc3c4ccccc4n(C([2H])([2H])[2H])c3c(-[n+]3cn(-c4cc(Oc5ccc6c7ccccc7n(-c7cc(C(C)(C)C)ccn7)c6c5)cc(-c5ccccc5)c4)c4ccccc43)c21. The number of fused-ring (bicyclic) bond motifs is 10. The van der Waals surface area contributed by atoms with E-state index >= 15 is 0 Å². The predicted octanol–water partition coefficient (Wildman–Crippen LogP) is 14.4. The minimum atomic E-state index is -2.64. The number of nitrogens with zero attached hydrogens (tertiary/aromatic N) is 6. The van der Waals surface area contributed by atoms with Gasteiger partial charge in [-0.05, 0) is 94.9 Å². The number of pyridine rings is 1. The molecule has 0 atom stereocenters. The van der Waals surface area contributed by atoms with Gasteiger partial charge in [-0.15, -0.1) is 0 Å². The van der Waals surface area contributed by atoms with Gasteiger partial charge >= 0.3 is 0 Å². The summed E-state index contributed by atoms with van der Waals surface area (Å²) in [4.78, 5) is 4.90. The number of ether oxygens (including phenoxy) is 1. The topological polar surface area (TPSA) is 45.7 Å². The molecular formula is C60H47N6O+. The molecule has 67 heavy (non-hydrogen) atoms. The summed E-state index contributed by atoms with van der Waals surface area (Å²) in [6.45, 7) is 1.34. The second-order valence-corrected chi connectivity index (χ2v) is 18.4. The van der Waals surface area contributed by atoms with Crippen LogP contribution in [-0.2, 0) is 19.4 Å². The van der Waals surface area contributed by atoms with E-state index in [-0.39, 0.29) is 5.41 Å². The molecule has 13 rings (SSSR count). The van der Waals surface area contributed by atoms with E-state index in [4.69, 9.17) is 17.9 Å². The quantitative estimate of drug-likeness (QED) is 0.156. The van der Waals surface area contributed by atoms with E-state index in [1.165, 1.54) is 14.7 Å². The summed E-state index contributed by atoms with van der Waals surface area (Å²) < 4.78 is 70.2. The molecule has 0 bridgehead atoms. The zero-order valence-electron chi connectivity index (χ0n) is 43.1. The van der Waals surface area contributed by atoms with Crippen LogP contribution in [0.15, 0.2) is 195 Å². The van der Waals surface area contributed by atoms with Crippen LogP contribution >= 0.6 is 0 Å². The van der Waals surface area contributed by atoms with Crippen LogP contribution in [0.1, 0.15) is 34.6 Å². The minimum Gasteiger partial charge on any atom is -0.457 e. The Morgan fingerprint density at radius 2 is 1.12 bits per heavy atom. The summed E-state index contributed by atoms with van der Waals surface area (Å²) in [6.07, 6.45) is 3.82. The van der Waals surface area contributed by atoms with Gasteiger partial charge in [0.15, 0.2) is 16.7 Å². The lowest BCUT2D eigenvalue weighted by atomic mass is 9.88. The molecule has 0 fully saturated rings. The summed E-state index contributed by atoms with van der Waals surface area (Å²) in [5.41, 5.74) is 9.55. The van der Waals surface area contributed by atoms with Gasteiger partial charge in [-0.1, -0.05) is 118 Å². The molecule has 0 saturated carbocycles. The number of hydrogen-bond acceptors (Lipinski definition) is 2. The van der Waals surface area contributed by atoms with Crippen molar-refractivity contribution in [1.29, 1.82) is 0 Å². The molecule has 0 amide bonds. The highest BCUT2D eigenvalue weighted by Crippen LogP contribution is 2.42. The molecule has 5 aromatic heterocycles.